The van der Waals surface area contributed by atoms with Gasteiger partial charge in [0.25, 0.3) is 0 Å². The third-order valence-corrected chi connectivity index (χ3v) is 4.38. The van der Waals surface area contributed by atoms with Crippen molar-refractivity contribution in [2.24, 2.45) is 0 Å². The van der Waals surface area contributed by atoms with Gasteiger partial charge in [0.15, 0.2) is 0 Å². The van der Waals surface area contributed by atoms with E-state index in [0.29, 0.717) is 13.1 Å². The van der Waals surface area contributed by atoms with E-state index in [-0.39, 0.29) is 18.0 Å². The van der Waals surface area contributed by atoms with Crippen LogP contribution in [0.3, 0.4) is 0 Å². The molecule has 3 rings (SSSR count). The summed E-state index contributed by atoms with van der Waals surface area (Å²) in [6.45, 7) is 2.81. The predicted molar refractivity (Wildman–Crippen MR) is 102 cm³/mol. The highest BCUT2D eigenvalue weighted by atomic mass is 19.1. The van der Waals surface area contributed by atoms with Crippen LogP contribution in [0.4, 0.5) is 8.78 Å². The second-order valence-electron chi connectivity index (χ2n) is 6.67. The van der Waals surface area contributed by atoms with Gasteiger partial charge in [-0.2, -0.15) is 0 Å². The Hall–Kier alpha value is -2.99. The number of carbonyl (C=O) groups excluding carboxylic acids is 1. The van der Waals surface area contributed by atoms with E-state index < -0.39 is 17.7 Å². The number of hydrogen-bond acceptors (Lipinski definition) is 3. The van der Waals surface area contributed by atoms with Gasteiger partial charge in [0.1, 0.15) is 17.4 Å². The molecular formula is C22H22F2N2O2. The molecule has 146 valence electrons. The van der Waals surface area contributed by atoms with Crippen molar-refractivity contribution in [1.29, 1.82) is 0 Å². The minimum atomic E-state index is -0.676. The highest BCUT2D eigenvalue weighted by molar-refractivity contribution is 5.78. The first-order chi connectivity index (χ1) is 13.5. The summed E-state index contributed by atoms with van der Waals surface area (Å²) in [5, 5.41) is 2.78. The lowest BCUT2D eigenvalue weighted by Crippen LogP contribution is -2.38. The number of benzene rings is 2. The van der Waals surface area contributed by atoms with Crippen molar-refractivity contribution in [3.05, 3.63) is 95.4 Å². The van der Waals surface area contributed by atoms with Crippen molar-refractivity contribution in [3.63, 3.8) is 0 Å². The van der Waals surface area contributed by atoms with E-state index in [9.17, 15) is 13.6 Å². The zero-order chi connectivity index (χ0) is 19.9. The fourth-order valence-electron chi connectivity index (χ4n) is 3.05. The van der Waals surface area contributed by atoms with Crippen molar-refractivity contribution in [1.82, 2.24) is 10.2 Å². The number of nitrogens with one attached hydrogen (secondary N) is 1. The van der Waals surface area contributed by atoms with Crippen molar-refractivity contribution >= 4 is 5.91 Å². The van der Waals surface area contributed by atoms with Crippen molar-refractivity contribution in [2.45, 2.75) is 26.1 Å². The molecule has 0 aliphatic carbocycles. The number of amides is 1. The Morgan fingerprint density at radius 1 is 1.07 bits per heavy atom. The normalized spacial score (nSPS) is 12.1. The van der Waals surface area contributed by atoms with E-state index in [4.69, 9.17) is 4.42 Å². The fraction of sp³-hybridized carbons (Fsp3) is 0.227. The van der Waals surface area contributed by atoms with Crippen LogP contribution < -0.4 is 5.32 Å². The molecule has 0 spiro atoms. The zero-order valence-electron chi connectivity index (χ0n) is 15.6. The van der Waals surface area contributed by atoms with Gasteiger partial charge in [-0.3, -0.25) is 9.69 Å². The van der Waals surface area contributed by atoms with Crippen LogP contribution in [0.5, 0.6) is 0 Å². The molecule has 0 bridgehead atoms. The summed E-state index contributed by atoms with van der Waals surface area (Å²) in [6, 6.07) is 16.2. The number of carbonyl (C=O) groups is 1. The van der Waals surface area contributed by atoms with Gasteiger partial charge >= 0.3 is 0 Å². The van der Waals surface area contributed by atoms with Gasteiger partial charge < -0.3 is 9.73 Å². The third kappa shape index (κ3) is 5.50. The van der Waals surface area contributed by atoms with Gasteiger partial charge in [-0.05, 0) is 30.7 Å². The molecule has 4 nitrogen and oxygen atoms in total. The Bertz CT molecular complexity index is 898. The Morgan fingerprint density at radius 3 is 2.54 bits per heavy atom. The van der Waals surface area contributed by atoms with Gasteiger partial charge in [-0.1, -0.05) is 36.4 Å². The van der Waals surface area contributed by atoms with Crippen LogP contribution in [-0.2, 0) is 17.9 Å². The summed E-state index contributed by atoms with van der Waals surface area (Å²) in [6.07, 6.45) is 1.59. The van der Waals surface area contributed by atoms with Crippen LogP contribution in [-0.4, -0.2) is 17.4 Å². The van der Waals surface area contributed by atoms with Crippen LogP contribution in [0.2, 0.25) is 0 Å². The van der Waals surface area contributed by atoms with Crippen molar-refractivity contribution in [3.8, 4) is 0 Å². The van der Waals surface area contributed by atoms with Gasteiger partial charge in [0.2, 0.25) is 5.91 Å². The largest absolute Gasteiger partial charge is 0.468 e. The SMILES string of the molecule is CC(NC(=O)CN(Cc1ccccc1)Cc1ccco1)c1ccc(F)cc1F. The maximum Gasteiger partial charge on any atom is 0.234 e. The molecule has 1 N–H and O–H groups in total. The molecule has 2 aromatic carbocycles. The molecule has 6 heteroatoms. The third-order valence-electron chi connectivity index (χ3n) is 4.38. The van der Waals surface area contributed by atoms with E-state index in [1.165, 1.54) is 12.1 Å². The quantitative estimate of drug-likeness (QED) is 0.625. The molecule has 1 unspecified atom stereocenters. The van der Waals surface area contributed by atoms with E-state index in [2.05, 4.69) is 5.32 Å². The van der Waals surface area contributed by atoms with Gasteiger partial charge in [-0.25, -0.2) is 8.78 Å². The summed E-state index contributed by atoms with van der Waals surface area (Å²) >= 11 is 0. The van der Waals surface area contributed by atoms with Gasteiger partial charge in [0, 0.05) is 18.2 Å². The second-order valence-corrected chi connectivity index (χ2v) is 6.67. The molecule has 3 aromatic rings. The zero-order valence-corrected chi connectivity index (χ0v) is 15.6. The molecule has 0 saturated carbocycles. The molecule has 1 aromatic heterocycles. The number of hydrogen-bond donors (Lipinski definition) is 1. The first kappa shape index (κ1) is 19.8. The van der Waals surface area contributed by atoms with E-state index in [1.54, 1.807) is 19.3 Å². The standard InChI is InChI=1S/C22H22F2N2O2/c1-16(20-10-9-18(23)12-21(20)24)25-22(27)15-26(14-19-8-5-11-28-19)13-17-6-3-2-4-7-17/h2-12,16H,13-15H2,1H3,(H,25,27). The van der Waals surface area contributed by atoms with Crippen LogP contribution in [0.15, 0.2) is 71.3 Å². The van der Waals surface area contributed by atoms with Crippen LogP contribution in [0.25, 0.3) is 0 Å². The van der Waals surface area contributed by atoms with Gasteiger partial charge in [0.05, 0.1) is 25.4 Å². The maximum absolute atomic E-state index is 13.9. The molecule has 28 heavy (non-hydrogen) atoms. The van der Waals surface area contributed by atoms with E-state index in [0.717, 1.165) is 17.4 Å². The monoisotopic (exact) mass is 384 g/mol. The van der Waals surface area contributed by atoms with Crippen LogP contribution >= 0.6 is 0 Å². The average molecular weight is 384 g/mol. The molecule has 0 radical (unpaired) electrons. The van der Waals surface area contributed by atoms with Crippen LogP contribution in [0.1, 0.15) is 29.9 Å². The first-order valence-electron chi connectivity index (χ1n) is 9.04. The molecule has 0 aliphatic heterocycles. The molecule has 1 amide bonds. The summed E-state index contributed by atoms with van der Waals surface area (Å²) in [5.41, 5.74) is 1.31. The second kappa shape index (κ2) is 9.28. The summed E-state index contributed by atoms with van der Waals surface area (Å²) in [4.78, 5) is 14.5. The molecule has 0 aliphatic rings. The summed E-state index contributed by atoms with van der Waals surface area (Å²) in [7, 11) is 0. The van der Waals surface area contributed by atoms with Crippen molar-refractivity contribution in [2.75, 3.05) is 6.54 Å². The lowest BCUT2D eigenvalue weighted by atomic mass is 10.1. The smallest absolute Gasteiger partial charge is 0.234 e. The Kier molecular flexibility index (Phi) is 6.55. The maximum atomic E-state index is 13.9. The molecule has 0 saturated heterocycles. The van der Waals surface area contributed by atoms with E-state index >= 15 is 0 Å². The average Bonchev–Trinajstić information content (AvgIpc) is 3.15. The number of rotatable bonds is 8. The first-order valence-corrected chi connectivity index (χ1v) is 9.04. The summed E-state index contributed by atoms with van der Waals surface area (Å²) in [5.74, 6) is -0.822. The lowest BCUT2D eigenvalue weighted by molar-refractivity contribution is -0.123. The molecule has 1 heterocycles. The van der Waals surface area contributed by atoms with Crippen LogP contribution in [0, 0.1) is 11.6 Å². The minimum Gasteiger partial charge on any atom is -0.468 e. The van der Waals surface area contributed by atoms with Gasteiger partial charge in [-0.15, -0.1) is 0 Å². The summed E-state index contributed by atoms with van der Waals surface area (Å²) < 4.78 is 32.4. The Morgan fingerprint density at radius 2 is 1.86 bits per heavy atom. The number of furan rings is 1. The number of halogens is 2. The van der Waals surface area contributed by atoms with Crippen molar-refractivity contribution < 1.29 is 18.0 Å². The fourth-order valence-corrected chi connectivity index (χ4v) is 3.05. The Labute approximate surface area is 162 Å². The molecule has 0 fully saturated rings. The molecule has 1 atom stereocenters. The lowest BCUT2D eigenvalue weighted by Gasteiger charge is -2.22. The Balaban J connectivity index is 1.65. The number of nitrogens with zero attached hydrogens (tertiary/aromatic N) is 1. The highest BCUT2D eigenvalue weighted by Crippen LogP contribution is 2.18. The minimum absolute atomic E-state index is 0.114. The highest BCUT2D eigenvalue weighted by Gasteiger charge is 2.18. The van der Waals surface area contributed by atoms with E-state index in [1.807, 2.05) is 41.3 Å². The topological polar surface area (TPSA) is 45.5 Å². The predicted octanol–water partition coefficient (Wildman–Crippen LogP) is 4.44. The molecular weight excluding hydrogens is 362 g/mol.